The summed E-state index contributed by atoms with van der Waals surface area (Å²) >= 11 is 6.29. The van der Waals surface area contributed by atoms with Gasteiger partial charge in [0.25, 0.3) is 0 Å². The van der Waals surface area contributed by atoms with Crippen molar-refractivity contribution in [3.05, 3.63) is 34.5 Å². The van der Waals surface area contributed by atoms with Crippen molar-refractivity contribution in [2.45, 2.75) is 57.5 Å². The summed E-state index contributed by atoms with van der Waals surface area (Å²) in [6.07, 6.45) is 10.1. The molecule has 0 atom stereocenters. The molecule has 2 saturated carbocycles. The largest absolute Gasteiger partial charge is 0.476 e. The van der Waals surface area contributed by atoms with Gasteiger partial charge in [0, 0.05) is 19.0 Å². The van der Waals surface area contributed by atoms with Crippen LogP contribution in [-0.2, 0) is 0 Å². The maximum absolute atomic E-state index is 7.11. The minimum atomic E-state index is 0.128. The summed E-state index contributed by atoms with van der Waals surface area (Å²) in [5, 5.41) is 11.5. The summed E-state index contributed by atoms with van der Waals surface area (Å²) in [5.74, 6) is 2.17. The number of rotatable bonds is 8. The second-order valence-electron chi connectivity index (χ2n) is 8.74. The molecule has 31 heavy (non-hydrogen) atoms. The van der Waals surface area contributed by atoms with Crippen LogP contribution < -0.4 is 15.4 Å². The first-order valence-corrected chi connectivity index (χ1v) is 11.4. The smallest absolute Gasteiger partial charge is 0.237 e. The maximum Gasteiger partial charge on any atom is 0.237 e. The zero-order chi connectivity index (χ0) is 21.8. The van der Waals surface area contributed by atoms with Gasteiger partial charge in [-0.25, -0.2) is 11.6 Å². The molecule has 0 bridgehead atoms. The van der Waals surface area contributed by atoms with E-state index < -0.39 is 0 Å². The average Bonchev–Trinajstić information content (AvgIpc) is 3.08. The third-order valence-electron chi connectivity index (χ3n) is 6.43. The molecule has 2 aromatic heterocycles. The van der Waals surface area contributed by atoms with E-state index in [4.69, 9.17) is 22.9 Å². The minimum absolute atomic E-state index is 0.128. The van der Waals surface area contributed by atoms with Crippen LogP contribution in [0.5, 0.6) is 5.88 Å². The lowest BCUT2D eigenvalue weighted by molar-refractivity contribution is 0.178. The summed E-state index contributed by atoms with van der Waals surface area (Å²) < 4.78 is 7.93. The van der Waals surface area contributed by atoms with Gasteiger partial charge >= 0.3 is 0 Å². The maximum atomic E-state index is 7.11. The molecule has 0 aromatic carbocycles. The molecule has 0 aliphatic heterocycles. The fraction of sp³-hybridized carbons (Fsp3) is 0.636. The molecule has 0 spiro atoms. The van der Waals surface area contributed by atoms with Crippen LogP contribution in [0.1, 0.15) is 50.3 Å². The van der Waals surface area contributed by atoms with Crippen LogP contribution in [0.4, 0.5) is 11.6 Å². The summed E-state index contributed by atoms with van der Waals surface area (Å²) in [5.41, 5.74) is 1.72. The minimum Gasteiger partial charge on any atom is -0.476 e. The topological polar surface area (TPSA) is 81.2 Å². The van der Waals surface area contributed by atoms with Gasteiger partial charge in [-0.2, -0.15) is 10.1 Å². The summed E-state index contributed by atoms with van der Waals surface area (Å²) in [6, 6.07) is 0.421. The normalized spacial score (nSPS) is 25.5. The van der Waals surface area contributed by atoms with Crippen molar-refractivity contribution in [2.24, 2.45) is 11.8 Å². The number of ether oxygens (including phenoxy) is 1. The van der Waals surface area contributed by atoms with Gasteiger partial charge in [0.1, 0.15) is 5.02 Å². The highest BCUT2D eigenvalue weighted by atomic mass is 35.5. The van der Waals surface area contributed by atoms with E-state index in [2.05, 4.69) is 30.5 Å². The van der Waals surface area contributed by atoms with Crippen molar-refractivity contribution >= 4 is 23.2 Å². The Morgan fingerprint density at radius 1 is 1.26 bits per heavy atom. The van der Waals surface area contributed by atoms with Gasteiger partial charge in [0.2, 0.25) is 17.9 Å². The number of aromatic nitrogens is 4. The molecule has 9 heteroatoms. The van der Waals surface area contributed by atoms with E-state index >= 15 is 0 Å². The Kier molecular flexibility index (Phi) is 6.93. The lowest BCUT2D eigenvalue weighted by Crippen LogP contribution is -2.29. The first-order chi connectivity index (χ1) is 15.1. The van der Waals surface area contributed by atoms with Crippen molar-refractivity contribution in [1.29, 1.82) is 0 Å². The molecule has 0 unspecified atom stereocenters. The van der Waals surface area contributed by atoms with Gasteiger partial charge in [-0.05, 0) is 58.0 Å². The first-order valence-electron chi connectivity index (χ1n) is 11.0. The van der Waals surface area contributed by atoms with Gasteiger partial charge in [-0.1, -0.05) is 11.6 Å². The SMILES string of the molecule is [C-]#[N+]C1CC(n2cc(Nc3ncc(Cl)c(OCC4CCC(CNC)CC4)n3)c(C)n2)C1. The van der Waals surface area contributed by atoms with Crippen LogP contribution in [0.3, 0.4) is 0 Å². The van der Waals surface area contributed by atoms with Crippen molar-refractivity contribution in [1.82, 2.24) is 25.1 Å². The van der Waals surface area contributed by atoms with E-state index in [0.717, 1.165) is 36.7 Å². The zero-order valence-corrected chi connectivity index (χ0v) is 18.9. The molecular weight excluding hydrogens is 414 g/mol. The number of anilines is 2. The van der Waals surface area contributed by atoms with Crippen molar-refractivity contribution in [2.75, 3.05) is 25.5 Å². The molecule has 8 nitrogen and oxygen atoms in total. The predicted molar refractivity (Wildman–Crippen MR) is 121 cm³/mol. The van der Waals surface area contributed by atoms with Crippen LogP contribution in [0, 0.1) is 25.3 Å². The Bertz CT molecular complexity index is 926. The summed E-state index contributed by atoms with van der Waals surface area (Å²) in [4.78, 5) is 12.4. The molecule has 166 valence electrons. The fourth-order valence-corrected chi connectivity index (χ4v) is 4.54. The molecule has 2 aromatic rings. The van der Waals surface area contributed by atoms with E-state index in [1.165, 1.54) is 25.7 Å². The molecule has 0 amide bonds. The molecule has 0 radical (unpaired) electrons. The first kappa shape index (κ1) is 21.8. The monoisotopic (exact) mass is 443 g/mol. The Morgan fingerprint density at radius 2 is 2.00 bits per heavy atom. The number of halogens is 1. The number of aryl methyl sites for hydroxylation is 1. The number of hydrogen-bond acceptors (Lipinski definition) is 6. The van der Waals surface area contributed by atoms with E-state index in [-0.39, 0.29) is 6.04 Å². The van der Waals surface area contributed by atoms with Crippen LogP contribution >= 0.6 is 11.6 Å². The third kappa shape index (κ3) is 5.28. The second kappa shape index (κ2) is 9.84. The average molecular weight is 444 g/mol. The van der Waals surface area contributed by atoms with Gasteiger partial charge in [-0.3, -0.25) is 4.68 Å². The molecular formula is C22H30ClN7O. The predicted octanol–water partition coefficient (Wildman–Crippen LogP) is 4.41. The Morgan fingerprint density at radius 3 is 2.71 bits per heavy atom. The molecule has 2 heterocycles. The van der Waals surface area contributed by atoms with Gasteiger partial charge in [0.15, 0.2) is 0 Å². The number of nitrogens with zero attached hydrogens (tertiary/aromatic N) is 5. The molecule has 2 aliphatic rings. The van der Waals surface area contributed by atoms with Crippen molar-refractivity contribution in [3.8, 4) is 5.88 Å². The van der Waals surface area contributed by atoms with E-state index in [1.54, 1.807) is 6.20 Å². The summed E-state index contributed by atoms with van der Waals surface area (Å²) in [6.45, 7) is 10.8. The third-order valence-corrected chi connectivity index (χ3v) is 6.69. The van der Waals surface area contributed by atoms with E-state index in [0.29, 0.717) is 35.4 Å². The van der Waals surface area contributed by atoms with Crippen molar-refractivity contribution in [3.63, 3.8) is 0 Å². The van der Waals surface area contributed by atoms with E-state index in [9.17, 15) is 0 Å². The van der Waals surface area contributed by atoms with Crippen LogP contribution in [0.15, 0.2) is 12.4 Å². The highest BCUT2D eigenvalue weighted by Gasteiger charge is 2.36. The lowest BCUT2D eigenvalue weighted by Gasteiger charge is -2.28. The Hall–Kier alpha value is -2.37. The Balaban J connectivity index is 1.34. The number of hydrogen-bond donors (Lipinski definition) is 2. The molecule has 2 N–H and O–H groups in total. The molecule has 4 rings (SSSR count). The van der Waals surface area contributed by atoms with Gasteiger partial charge < -0.3 is 20.2 Å². The molecule has 2 fully saturated rings. The quantitative estimate of drug-likeness (QED) is 0.588. The van der Waals surface area contributed by atoms with Gasteiger partial charge in [-0.15, -0.1) is 0 Å². The fourth-order valence-electron chi connectivity index (χ4n) is 4.39. The van der Waals surface area contributed by atoms with E-state index in [1.807, 2.05) is 24.9 Å². The highest BCUT2D eigenvalue weighted by molar-refractivity contribution is 6.31. The Labute approximate surface area is 188 Å². The molecule has 0 saturated heterocycles. The standard InChI is InChI=1S/C22H30ClN7O/c1-14-20(12-30(29-14)18-8-17(9-18)25-3)27-22-26-11-19(23)21(28-22)31-13-16-6-4-15(5-7-16)10-24-2/h11-12,15-18,24H,4-10,13H2,1-2H3,(H,26,27,28). The van der Waals surface area contributed by atoms with Crippen LogP contribution in [0.2, 0.25) is 5.02 Å². The second-order valence-corrected chi connectivity index (χ2v) is 9.15. The van der Waals surface area contributed by atoms with Crippen LogP contribution in [-0.4, -0.2) is 46.0 Å². The van der Waals surface area contributed by atoms with Crippen LogP contribution in [0.25, 0.3) is 4.85 Å². The highest BCUT2D eigenvalue weighted by Crippen LogP contribution is 2.35. The van der Waals surface area contributed by atoms with Gasteiger partial charge in [0.05, 0.1) is 30.2 Å². The lowest BCUT2D eigenvalue weighted by atomic mass is 9.82. The molecule has 2 aliphatic carbocycles. The number of nitrogens with one attached hydrogen (secondary N) is 2. The summed E-state index contributed by atoms with van der Waals surface area (Å²) in [7, 11) is 2.02. The zero-order valence-electron chi connectivity index (χ0n) is 18.1. The van der Waals surface area contributed by atoms with Crippen molar-refractivity contribution < 1.29 is 4.74 Å².